The summed E-state index contributed by atoms with van der Waals surface area (Å²) in [5.41, 5.74) is 5.59. The van der Waals surface area contributed by atoms with Crippen molar-refractivity contribution >= 4 is 11.8 Å². The first-order chi connectivity index (χ1) is 5.33. The van der Waals surface area contributed by atoms with Gasteiger partial charge in [-0.15, -0.1) is 18.3 Å². The first kappa shape index (κ1) is 8.43. The van der Waals surface area contributed by atoms with Crippen molar-refractivity contribution in [2.75, 3.05) is 0 Å². The third kappa shape index (κ3) is 2.82. The molecule has 1 rings (SSSR count). The summed E-state index contributed by atoms with van der Waals surface area (Å²) in [6.07, 6.45) is 3.38. The highest BCUT2D eigenvalue weighted by atomic mass is 32.2. The normalized spacial score (nSPS) is 12.8. The molecule has 60 valence electrons. The number of nitrogens with two attached hydrogens (primary N) is 1. The first-order valence-electron chi connectivity index (χ1n) is 3.35. The number of hydrogen-bond acceptors (Lipinski definition) is 3. The predicted molar refractivity (Wildman–Crippen MR) is 48.2 cm³/mol. The Kier molecular flexibility index (Phi) is 3.26. The summed E-state index contributed by atoms with van der Waals surface area (Å²) >= 11 is 1.60. The maximum Gasteiger partial charge on any atom is 0.113 e. The van der Waals surface area contributed by atoms with E-state index < -0.39 is 0 Å². The van der Waals surface area contributed by atoms with Crippen molar-refractivity contribution in [3.63, 3.8) is 0 Å². The molecule has 2 N–H and O–H groups in total. The first-order valence-corrected chi connectivity index (χ1v) is 4.40. The van der Waals surface area contributed by atoms with Crippen molar-refractivity contribution in [2.24, 2.45) is 5.73 Å². The molecule has 2 nitrogen and oxygen atoms in total. The van der Waals surface area contributed by atoms with Crippen LogP contribution in [0.2, 0.25) is 0 Å². The van der Waals surface area contributed by atoms with E-state index in [2.05, 4.69) is 6.58 Å². The molecule has 0 spiro atoms. The number of rotatable bonds is 4. The third-order valence-electron chi connectivity index (χ3n) is 1.23. The summed E-state index contributed by atoms with van der Waals surface area (Å²) in [5.74, 6) is 1.76. The molecule has 0 amide bonds. The average Bonchev–Trinajstić information content (AvgIpc) is 2.52. The van der Waals surface area contributed by atoms with Crippen molar-refractivity contribution in [3.8, 4) is 0 Å². The van der Waals surface area contributed by atoms with Gasteiger partial charge in [-0.1, -0.05) is 6.08 Å². The minimum atomic E-state index is 0.0000926. The van der Waals surface area contributed by atoms with Crippen LogP contribution < -0.4 is 5.73 Å². The number of hydrogen-bond donors (Lipinski definition) is 1. The van der Waals surface area contributed by atoms with Crippen molar-refractivity contribution in [3.05, 3.63) is 36.8 Å². The molecule has 0 fully saturated rings. The largest absolute Gasteiger partial charge is 0.468 e. The average molecular weight is 169 g/mol. The maximum atomic E-state index is 5.59. The second-order valence-corrected chi connectivity index (χ2v) is 3.26. The fraction of sp³-hybridized carbons (Fsp3) is 0.250. The van der Waals surface area contributed by atoms with Crippen LogP contribution in [0.5, 0.6) is 0 Å². The molecule has 0 bridgehead atoms. The molecular weight excluding hydrogens is 158 g/mol. The van der Waals surface area contributed by atoms with Crippen molar-refractivity contribution in [1.29, 1.82) is 0 Å². The van der Waals surface area contributed by atoms with Crippen LogP contribution in [-0.4, -0.2) is 5.37 Å². The highest BCUT2D eigenvalue weighted by Crippen LogP contribution is 2.15. The Labute approximate surface area is 70.5 Å². The van der Waals surface area contributed by atoms with Crippen LogP contribution in [0.1, 0.15) is 5.76 Å². The lowest BCUT2D eigenvalue weighted by Crippen LogP contribution is -2.10. The fourth-order valence-electron chi connectivity index (χ4n) is 0.641. The van der Waals surface area contributed by atoms with Crippen LogP contribution in [0.4, 0.5) is 0 Å². The molecule has 11 heavy (non-hydrogen) atoms. The summed E-state index contributed by atoms with van der Waals surface area (Å²) in [7, 11) is 0. The Balaban J connectivity index is 2.28. The van der Waals surface area contributed by atoms with E-state index in [-0.39, 0.29) is 5.37 Å². The van der Waals surface area contributed by atoms with Gasteiger partial charge in [-0.3, -0.25) is 0 Å². The van der Waals surface area contributed by atoms with E-state index in [0.717, 1.165) is 11.5 Å². The van der Waals surface area contributed by atoms with Gasteiger partial charge in [0.25, 0.3) is 0 Å². The van der Waals surface area contributed by atoms with Crippen LogP contribution in [-0.2, 0) is 5.75 Å². The molecule has 0 aliphatic heterocycles. The predicted octanol–water partition coefficient (Wildman–Crippen LogP) is 1.98. The Hall–Kier alpha value is -0.670. The van der Waals surface area contributed by atoms with E-state index in [1.165, 1.54) is 0 Å². The van der Waals surface area contributed by atoms with Crippen LogP contribution in [0, 0.1) is 0 Å². The van der Waals surface area contributed by atoms with E-state index in [9.17, 15) is 0 Å². The molecule has 1 aromatic heterocycles. The second-order valence-electron chi connectivity index (χ2n) is 2.09. The van der Waals surface area contributed by atoms with Crippen LogP contribution in [0.25, 0.3) is 0 Å². The Morgan fingerprint density at radius 3 is 3.18 bits per heavy atom. The highest BCUT2D eigenvalue weighted by Gasteiger charge is 1.99. The van der Waals surface area contributed by atoms with Gasteiger partial charge >= 0.3 is 0 Å². The molecule has 1 unspecified atom stereocenters. The van der Waals surface area contributed by atoms with Crippen LogP contribution in [0.3, 0.4) is 0 Å². The van der Waals surface area contributed by atoms with E-state index in [1.54, 1.807) is 24.1 Å². The smallest absolute Gasteiger partial charge is 0.113 e. The maximum absolute atomic E-state index is 5.59. The lowest BCUT2D eigenvalue weighted by Gasteiger charge is -2.02. The number of thioether (sulfide) groups is 1. The fourth-order valence-corrected chi connectivity index (χ4v) is 1.30. The second kappa shape index (κ2) is 4.26. The van der Waals surface area contributed by atoms with Gasteiger partial charge in [0.2, 0.25) is 0 Å². The Morgan fingerprint density at radius 2 is 2.64 bits per heavy atom. The molecule has 0 saturated heterocycles. The van der Waals surface area contributed by atoms with Crippen LogP contribution in [0.15, 0.2) is 35.5 Å². The Morgan fingerprint density at radius 1 is 1.82 bits per heavy atom. The summed E-state index contributed by atoms with van der Waals surface area (Å²) in [6.45, 7) is 3.58. The SMILES string of the molecule is C=CC(N)SCc1ccco1. The third-order valence-corrected chi connectivity index (χ3v) is 2.26. The minimum Gasteiger partial charge on any atom is -0.468 e. The summed E-state index contributed by atoms with van der Waals surface area (Å²) < 4.78 is 5.12. The standard InChI is InChI=1S/C8H11NOS/c1-2-8(9)11-6-7-4-3-5-10-7/h2-5,8H,1,6,9H2. The van der Waals surface area contributed by atoms with Crippen molar-refractivity contribution in [2.45, 2.75) is 11.1 Å². The summed E-state index contributed by atoms with van der Waals surface area (Å²) in [6, 6.07) is 3.80. The van der Waals surface area contributed by atoms with Gasteiger partial charge in [0, 0.05) is 0 Å². The van der Waals surface area contributed by atoms with Gasteiger partial charge in [0.1, 0.15) is 5.76 Å². The zero-order valence-electron chi connectivity index (χ0n) is 6.19. The molecule has 0 aliphatic carbocycles. The monoisotopic (exact) mass is 169 g/mol. The van der Waals surface area contributed by atoms with Crippen LogP contribution >= 0.6 is 11.8 Å². The molecule has 0 saturated carbocycles. The Bertz CT molecular complexity index is 208. The molecular formula is C8H11NOS. The van der Waals surface area contributed by atoms with E-state index in [0.29, 0.717) is 0 Å². The number of furan rings is 1. The van der Waals surface area contributed by atoms with Gasteiger partial charge in [-0.2, -0.15) is 0 Å². The van der Waals surface area contributed by atoms with Gasteiger partial charge < -0.3 is 10.2 Å². The highest BCUT2D eigenvalue weighted by molar-refractivity contribution is 7.99. The van der Waals surface area contributed by atoms with Gasteiger partial charge in [0.15, 0.2) is 0 Å². The quantitative estimate of drug-likeness (QED) is 0.553. The molecule has 1 heterocycles. The molecule has 0 aromatic carbocycles. The zero-order valence-corrected chi connectivity index (χ0v) is 7.01. The minimum absolute atomic E-state index is 0.0000926. The van der Waals surface area contributed by atoms with Gasteiger partial charge in [-0.25, -0.2) is 0 Å². The molecule has 1 atom stereocenters. The van der Waals surface area contributed by atoms with E-state index in [1.807, 2.05) is 12.1 Å². The van der Waals surface area contributed by atoms with E-state index in [4.69, 9.17) is 10.2 Å². The van der Waals surface area contributed by atoms with Gasteiger partial charge in [-0.05, 0) is 12.1 Å². The van der Waals surface area contributed by atoms with E-state index >= 15 is 0 Å². The van der Waals surface area contributed by atoms with Gasteiger partial charge in [0.05, 0.1) is 17.4 Å². The van der Waals surface area contributed by atoms with Crippen molar-refractivity contribution in [1.82, 2.24) is 0 Å². The molecule has 3 heteroatoms. The summed E-state index contributed by atoms with van der Waals surface area (Å²) in [5, 5.41) is 0.0000926. The van der Waals surface area contributed by atoms with Crippen molar-refractivity contribution < 1.29 is 4.42 Å². The zero-order chi connectivity index (χ0) is 8.10. The molecule has 0 aliphatic rings. The lowest BCUT2D eigenvalue weighted by molar-refractivity contribution is 0.530. The molecule has 1 aromatic rings. The topological polar surface area (TPSA) is 39.2 Å². The molecule has 0 radical (unpaired) electrons. The lowest BCUT2D eigenvalue weighted by atomic mass is 10.5. The summed E-state index contributed by atoms with van der Waals surface area (Å²) in [4.78, 5) is 0.